The largest absolute Gasteiger partial charge is 0.406 e. The normalized spacial score (nSPS) is 14.8. The predicted molar refractivity (Wildman–Crippen MR) is 107 cm³/mol. The summed E-state index contributed by atoms with van der Waals surface area (Å²) in [5.41, 5.74) is 2.68. The minimum Gasteiger partial charge on any atom is -0.406 e. The first-order chi connectivity index (χ1) is 13.7. The molecule has 6 nitrogen and oxygen atoms in total. The molecule has 0 unspecified atom stereocenters. The highest BCUT2D eigenvalue weighted by Gasteiger charge is 2.25. The standard InChI is InChI=1S/C22H24N4O2/c1-16-9-5-6-12-18(16)20(27)23-19(15-17-10-3-2-4-11-17)21-24-25-22(28-21)26-13-7-8-14-26/h2-6,9-12,19H,7-8,13-15H2,1H3,(H,23,27)/t19-/m0/s1. The number of hydrogen-bond acceptors (Lipinski definition) is 5. The van der Waals surface area contributed by atoms with Crippen LogP contribution in [0.25, 0.3) is 0 Å². The average Bonchev–Trinajstić information content (AvgIpc) is 3.40. The minimum atomic E-state index is -0.390. The Morgan fingerprint density at radius 1 is 1.07 bits per heavy atom. The van der Waals surface area contributed by atoms with Gasteiger partial charge in [-0.15, -0.1) is 5.10 Å². The lowest BCUT2D eigenvalue weighted by atomic mass is 10.0. The van der Waals surface area contributed by atoms with Gasteiger partial charge in [0.2, 0.25) is 5.89 Å². The Bertz CT molecular complexity index is 932. The number of rotatable bonds is 6. The monoisotopic (exact) mass is 376 g/mol. The molecule has 1 aromatic heterocycles. The van der Waals surface area contributed by atoms with E-state index in [1.54, 1.807) is 0 Å². The molecule has 4 rings (SSSR count). The van der Waals surface area contributed by atoms with Crippen molar-refractivity contribution in [3.63, 3.8) is 0 Å². The number of carbonyl (C=O) groups excluding carboxylic acids is 1. The van der Waals surface area contributed by atoms with Crippen molar-refractivity contribution >= 4 is 11.9 Å². The summed E-state index contributed by atoms with van der Waals surface area (Å²) in [4.78, 5) is 15.0. The Hall–Kier alpha value is -3.15. The zero-order valence-electron chi connectivity index (χ0n) is 16.0. The molecule has 3 aromatic rings. The van der Waals surface area contributed by atoms with Gasteiger partial charge >= 0.3 is 6.01 Å². The Labute approximate surface area is 164 Å². The molecule has 0 spiro atoms. The third-order valence-electron chi connectivity index (χ3n) is 5.08. The Balaban J connectivity index is 1.58. The first-order valence-electron chi connectivity index (χ1n) is 9.69. The predicted octanol–water partition coefficient (Wildman–Crippen LogP) is 3.69. The van der Waals surface area contributed by atoms with Crippen LogP contribution in [0.1, 0.15) is 46.3 Å². The van der Waals surface area contributed by atoms with Crippen molar-refractivity contribution in [2.24, 2.45) is 0 Å². The van der Waals surface area contributed by atoms with Crippen molar-refractivity contribution in [3.8, 4) is 0 Å². The van der Waals surface area contributed by atoms with Gasteiger partial charge in [-0.2, -0.15) is 0 Å². The second-order valence-corrected chi connectivity index (χ2v) is 7.15. The van der Waals surface area contributed by atoms with Crippen LogP contribution in [0.5, 0.6) is 0 Å². The van der Waals surface area contributed by atoms with E-state index in [4.69, 9.17) is 4.42 Å². The summed E-state index contributed by atoms with van der Waals surface area (Å²) >= 11 is 0. The summed E-state index contributed by atoms with van der Waals surface area (Å²) in [6.07, 6.45) is 2.85. The van der Waals surface area contributed by atoms with E-state index in [0.717, 1.165) is 37.1 Å². The van der Waals surface area contributed by atoms with Crippen molar-refractivity contribution in [1.82, 2.24) is 15.5 Å². The smallest absolute Gasteiger partial charge is 0.318 e. The molecule has 1 atom stereocenters. The van der Waals surface area contributed by atoms with Crippen molar-refractivity contribution in [2.75, 3.05) is 18.0 Å². The van der Waals surface area contributed by atoms with Gasteiger partial charge in [0.25, 0.3) is 5.91 Å². The van der Waals surface area contributed by atoms with Crippen LogP contribution in [0.2, 0.25) is 0 Å². The van der Waals surface area contributed by atoms with E-state index in [1.165, 1.54) is 0 Å². The van der Waals surface area contributed by atoms with Gasteiger partial charge in [0.15, 0.2) is 0 Å². The molecule has 0 saturated carbocycles. The molecule has 2 heterocycles. The van der Waals surface area contributed by atoms with Crippen molar-refractivity contribution in [2.45, 2.75) is 32.2 Å². The van der Waals surface area contributed by atoms with E-state index in [-0.39, 0.29) is 5.91 Å². The number of carbonyl (C=O) groups is 1. The van der Waals surface area contributed by atoms with E-state index in [9.17, 15) is 4.79 Å². The van der Waals surface area contributed by atoms with Crippen LogP contribution >= 0.6 is 0 Å². The number of hydrogen-bond donors (Lipinski definition) is 1. The first-order valence-corrected chi connectivity index (χ1v) is 9.69. The fraction of sp³-hybridized carbons (Fsp3) is 0.318. The fourth-order valence-electron chi connectivity index (χ4n) is 3.52. The second-order valence-electron chi connectivity index (χ2n) is 7.15. The van der Waals surface area contributed by atoms with Crippen LogP contribution in [0, 0.1) is 6.92 Å². The number of nitrogens with one attached hydrogen (secondary N) is 1. The maximum absolute atomic E-state index is 12.9. The lowest BCUT2D eigenvalue weighted by molar-refractivity contribution is 0.0929. The molecule has 144 valence electrons. The van der Waals surface area contributed by atoms with Gasteiger partial charge in [0.05, 0.1) is 0 Å². The summed E-state index contributed by atoms with van der Waals surface area (Å²) in [6.45, 7) is 3.79. The lowest BCUT2D eigenvalue weighted by Gasteiger charge is -2.17. The van der Waals surface area contributed by atoms with Gasteiger partial charge in [0.1, 0.15) is 6.04 Å². The molecule has 1 aliphatic heterocycles. The summed E-state index contributed by atoms with van der Waals surface area (Å²) in [7, 11) is 0. The van der Waals surface area contributed by atoms with Gasteiger partial charge < -0.3 is 14.6 Å². The molecule has 0 radical (unpaired) electrons. The van der Waals surface area contributed by atoms with Crippen LogP contribution in [0.3, 0.4) is 0 Å². The molecular formula is C22H24N4O2. The zero-order chi connectivity index (χ0) is 19.3. The fourth-order valence-corrected chi connectivity index (χ4v) is 3.52. The molecule has 1 saturated heterocycles. The van der Waals surface area contributed by atoms with Gasteiger partial charge in [0, 0.05) is 25.1 Å². The summed E-state index contributed by atoms with van der Waals surface area (Å²) < 4.78 is 5.96. The number of aromatic nitrogens is 2. The third kappa shape index (κ3) is 4.06. The third-order valence-corrected chi connectivity index (χ3v) is 5.08. The minimum absolute atomic E-state index is 0.139. The zero-order valence-corrected chi connectivity index (χ0v) is 16.0. The highest BCUT2D eigenvalue weighted by molar-refractivity contribution is 5.95. The molecule has 0 aliphatic carbocycles. The second kappa shape index (κ2) is 8.25. The number of nitrogens with zero attached hydrogens (tertiary/aromatic N) is 3. The molecule has 1 amide bonds. The van der Waals surface area contributed by atoms with E-state index >= 15 is 0 Å². The van der Waals surface area contributed by atoms with Crippen molar-refractivity contribution < 1.29 is 9.21 Å². The lowest BCUT2D eigenvalue weighted by Crippen LogP contribution is -2.30. The van der Waals surface area contributed by atoms with Gasteiger partial charge in [-0.1, -0.05) is 53.6 Å². The molecule has 1 N–H and O–H groups in total. The average molecular weight is 376 g/mol. The van der Waals surface area contributed by atoms with Gasteiger partial charge in [-0.25, -0.2) is 0 Å². The maximum Gasteiger partial charge on any atom is 0.318 e. The topological polar surface area (TPSA) is 71.3 Å². The Kier molecular flexibility index (Phi) is 5.37. The van der Waals surface area contributed by atoms with E-state index in [0.29, 0.717) is 23.9 Å². The van der Waals surface area contributed by atoms with E-state index in [2.05, 4.69) is 20.4 Å². The van der Waals surface area contributed by atoms with E-state index < -0.39 is 6.04 Å². The summed E-state index contributed by atoms with van der Waals surface area (Å²) in [5.74, 6) is 0.299. The first kappa shape index (κ1) is 18.2. The van der Waals surface area contributed by atoms with Gasteiger partial charge in [-0.05, 0) is 37.0 Å². The summed E-state index contributed by atoms with van der Waals surface area (Å²) in [6, 6.07) is 17.7. The highest BCUT2D eigenvalue weighted by atomic mass is 16.4. The number of anilines is 1. The summed E-state index contributed by atoms with van der Waals surface area (Å²) in [5, 5.41) is 11.6. The molecular weight excluding hydrogens is 352 g/mol. The number of benzene rings is 2. The van der Waals surface area contributed by atoms with Crippen LogP contribution in [-0.4, -0.2) is 29.2 Å². The van der Waals surface area contributed by atoms with Crippen LogP contribution in [-0.2, 0) is 6.42 Å². The maximum atomic E-state index is 12.9. The van der Waals surface area contributed by atoms with Gasteiger partial charge in [-0.3, -0.25) is 4.79 Å². The molecule has 6 heteroatoms. The quantitative estimate of drug-likeness (QED) is 0.710. The van der Waals surface area contributed by atoms with Crippen LogP contribution in [0.4, 0.5) is 6.01 Å². The molecule has 1 fully saturated rings. The van der Waals surface area contributed by atoms with Crippen LogP contribution in [0.15, 0.2) is 59.0 Å². The molecule has 2 aromatic carbocycles. The Morgan fingerprint density at radius 3 is 2.54 bits per heavy atom. The SMILES string of the molecule is Cc1ccccc1C(=O)N[C@@H](Cc1ccccc1)c1nnc(N2CCCC2)o1. The number of aryl methyl sites for hydroxylation is 1. The van der Waals surface area contributed by atoms with E-state index in [1.807, 2.05) is 61.5 Å². The number of amides is 1. The van der Waals surface area contributed by atoms with Crippen LogP contribution < -0.4 is 10.2 Å². The molecule has 28 heavy (non-hydrogen) atoms. The highest BCUT2D eigenvalue weighted by Crippen LogP contribution is 2.24. The molecule has 1 aliphatic rings. The Morgan fingerprint density at radius 2 is 1.79 bits per heavy atom. The van der Waals surface area contributed by atoms with Crippen molar-refractivity contribution in [3.05, 3.63) is 77.2 Å². The van der Waals surface area contributed by atoms with Crippen molar-refractivity contribution in [1.29, 1.82) is 0 Å². The molecule has 0 bridgehead atoms.